The van der Waals surface area contributed by atoms with Gasteiger partial charge in [0, 0.05) is 32.4 Å². The Balaban J connectivity index is 1.75. The zero-order valence-electron chi connectivity index (χ0n) is 13.0. The van der Waals surface area contributed by atoms with Gasteiger partial charge in [0.05, 0.1) is 17.8 Å². The molecular formula is C15H23N5O2. The monoisotopic (exact) mass is 305 g/mol. The molecule has 1 fully saturated rings. The molecule has 1 aromatic heterocycles. The molecule has 2 N–H and O–H groups in total. The molecule has 0 aliphatic carbocycles. The normalized spacial score (nSPS) is 15.4. The maximum atomic E-state index is 12.2. The zero-order chi connectivity index (χ0) is 15.8. The van der Waals surface area contributed by atoms with Crippen LogP contribution in [0.15, 0.2) is 12.5 Å². The molecule has 0 bridgehead atoms. The van der Waals surface area contributed by atoms with E-state index in [1.807, 2.05) is 0 Å². The predicted molar refractivity (Wildman–Crippen MR) is 82.4 cm³/mol. The Hall–Kier alpha value is -2.02. The Morgan fingerprint density at radius 2 is 2.36 bits per heavy atom. The second-order valence-electron chi connectivity index (χ2n) is 5.37. The van der Waals surface area contributed by atoms with Crippen molar-refractivity contribution in [1.82, 2.24) is 25.5 Å². The third kappa shape index (κ3) is 4.77. The third-order valence-corrected chi connectivity index (χ3v) is 3.58. The van der Waals surface area contributed by atoms with Crippen LogP contribution in [0.5, 0.6) is 0 Å². The largest absolute Gasteiger partial charge is 0.354 e. The topological polar surface area (TPSA) is 87.2 Å². The first-order valence-electron chi connectivity index (χ1n) is 7.77. The minimum Gasteiger partial charge on any atom is -0.354 e. The third-order valence-electron chi connectivity index (χ3n) is 3.58. The first kappa shape index (κ1) is 16.4. The van der Waals surface area contributed by atoms with Crippen molar-refractivity contribution in [2.75, 3.05) is 32.7 Å². The number of nitrogens with zero attached hydrogens (tertiary/aromatic N) is 3. The summed E-state index contributed by atoms with van der Waals surface area (Å²) in [5, 5.41) is 5.70. The van der Waals surface area contributed by atoms with Crippen molar-refractivity contribution in [1.29, 1.82) is 0 Å². The van der Waals surface area contributed by atoms with Crippen LogP contribution < -0.4 is 10.6 Å². The lowest BCUT2D eigenvalue weighted by Gasteiger charge is -2.26. The van der Waals surface area contributed by atoms with Crippen molar-refractivity contribution in [3.8, 4) is 0 Å². The number of hydrogen-bond donors (Lipinski definition) is 2. The highest BCUT2D eigenvalue weighted by Gasteiger charge is 2.16. The van der Waals surface area contributed by atoms with Gasteiger partial charge in [-0.1, -0.05) is 13.3 Å². The first-order chi connectivity index (χ1) is 10.7. The lowest BCUT2D eigenvalue weighted by Crippen LogP contribution is -2.48. The van der Waals surface area contributed by atoms with Crippen molar-refractivity contribution < 1.29 is 9.59 Å². The lowest BCUT2D eigenvalue weighted by atomic mass is 10.1. The van der Waals surface area contributed by atoms with Crippen LogP contribution in [0.1, 0.15) is 35.8 Å². The minimum absolute atomic E-state index is 0.0703. The van der Waals surface area contributed by atoms with E-state index in [1.165, 1.54) is 6.33 Å². The summed E-state index contributed by atoms with van der Waals surface area (Å²) in [5.41, 5.74) is 1.35. The summed E-state index contributed by atoms with van der Waals surface area (Å²) >= 11 is 0. The fourth-order valence-corrected chi connectivity index (χ4v) is 2.46. The van der Waals surface area contributed by atoms with Crippen molar-refractivity contribution in [3.63, 3.8) is 0 Å². The van der Waals surface area contributed by atoms with Gasteiger partial charge in [0.1, 0.15) is 6.33 Å². The predicted octanol–water partition coefficient (Wildman–Crippen LogP) is -0.0192. The van der Waals surface area contributed by atoms with Gasteiger partial charge in [0.2, 0.25) is 5.91 Å². The number of amides is 2. The van der Waals surface area contributed by atoms with E-state index in [9.17, 15) is 9.59 Å². The zero-order valence-corrected chi connectivity index (χ0v) is 13.0. The highest BCUT2D eigenvalue weighted by atomic mass is 16.2. The Bertz CT molecular complexity index is 520. The summed E-state index contributed by atoms with van der Waals surface area (Å²) in [4.78, 5) is 33.6. The average Bonchev–Trinajstić information content (AvgIpc) is 2.52. The fraction of sp³-hybridized carbons (Fsp3) is 0.600. The summed E-state index contributed by atoms with van der Waals surface area (Å²) in [6.07, 6.45) is 5.57. The molecule has 1 aliphatic heterocycles. The van der Waals surface area contributed by atoms with Gasteiger partial charge in [-0.05, 0) is 12.8 Å². The van der Waals surface area contributed by atoms with Gasteiger partial charge in [-0.15, -0.1) is 0 Å². The summed E-state index contributed by atoms with van der Waals surface area (Å²) < 4.78 is 0. The maximum absolute atomic E-state index is 12.2. The van der Waals surface area contributed by atoms with Crippen LogP contribution in [0, 0.1) is 0 Å². The summed E-state index contributed by atoms with van der Waals surface area (Å²) in [6, 6.07) is 0. The number of carbonyl (C=O) groups excluding carboxylic acids is 2. The average molecular weight is 305 g/mol. The van der Waals surface area contributed by atoms with E-state index in [0.717, 1.165) is 38.0 Å². The molecule has 0 atom stereocenters. The van der Waals surface area contributed by atoms with E-state index in [1.54, 1.807) is 6.20 Å². The van der Waals surface area contributed by atoms with Gasteiger partial charge >= 0.3 is 0 Å². The second-order valence-corrected chi connectivity index (χ2v) is 5.37. The van der Waals surface area contributed by atoms with E-state index >= 15 is 0 Å². The van der Waals surface area contributed by atoms with E-state index < -0.39 is 0 Å². The number of rotatable bonds is 7. The quantitative estimate of drug-likeness (QED) is 0.691. The number of carbonyl (C=O) groups is 2. The molecular weight excluding hydrogens is 282 g/mol. The first-order valence-corrected chi connectivity index (χ1v) is 7.77. The molecule has 0 spiro atoms. The SMILES string of the molecule is CCCc1ncncc1C(=O)NCCCN1CCNC(=O)C1. The number of hydrogen-bond acceptors (Lipinski definition) is 5. The molecule has 1 saturated heterocycles. The Morgan fingerprint density at radius 1 is 1.50 bits per heavy atom. The van der Waals surface area contributed by atoms with Crippen LogP contribution >= 0.6 is 0 Å². The molecule has 22 heavy (non-hydrogen) atoms. The highest BCUT2D eigenvalue weighted by molar-refractivity contribution is 5.94. The van der Waals surface area contributed by atoms with Crippen molar-refractivity contribution >= 4 is 11.8 Å². The summed E-state index contributed by atoms with van der Waals surface area (Å²) in [5.74, 6) is -0.0543. The maximum Gasteiger partial charge on any atom is 0.254 e. The molecule has 0 unspecified atom stereocenters. The van der Waals surface area contributed by atoms with Crippen LogP contribution in [0.4, 0.5) is 0 Å². The summed E-state index contributed by atoms with van der Waals surface area (Å²) in [7, 11) is 0. The van der Waals surface area contributed by atoms with Gasteiger partial charge in [-0.3, -0.25) is 14.5 Å². The molecule has 7 nitrogen and oxygen atoms in total. The van der Waals surface area contributed by atoms with Crippen LogP contribution in [0.3, 0.4) is 0 Å². The van der Waals surface area contributed by atoms with Crippen molar-refractivity contribution in [3.05, 3.63) is 23.8 Å². The van der Waals surface area contributed by atoms with Crippen molar-refractivity contribution in [2.45, 2.75) is 26.2 Å². The standard InChI is InChI=1S/C15H23N5O2/c1-2-4-13-12(9-16-11-19-13)15(22)18-5-3-7-20-8-6-17-14(21)10-20/h9,11H,2-8,10H2,1H3,(H,17,21)(H,18,22). The van der Waals surface area contributed by atoms with Crippen LogP contribution in [0.2, 0.25) is 0 Å². The molecule has 1 aliphatic rings. The number of aryl methyl sites for hydroxylation is 1. The Kier molecular flexibility index (Phi) is 6.27. The van der Waals surface area contributed by atoms with Gasteiger partial charge < -0.3 is 10.6 Å². The summed E-state index contributed by atoms with van der Waals surface area (Å²) in [6.45, 7) is 5.46. The van der Waals surface area contributed by atoms with Gasteiger partial charge in [0.15, 0.2) is 0 Å². The van der Waals surface area contributed by atoms with Crippen LogP contribution in [-0.2, 0) is 11.2 Å². The molecule has 7 heteroatoms. The van der Waals surface area contributed by atoms with E-state index in [4.69, 9.17) is 0 Å². The van der Waals surface area contributed by atoms with Crippen LogP contribution in [0.25, 0.3) is 0 Å². The molecule has 2 heterocycles. The smallest absolute Gasteiger partial charge is 0.254 e. The van der Waals surface area contributed by atoms with Gasteiger partial charge in [0.25, 0.3) is 5.91 Å². The molecule has 0 saturated carbocycles. The van der Waals surface area contributed by atoms with Crippen LogP contribution in [-0.4, -0.2) is 59.4 Å². The number of piperazine rings is 1. The van der Waals surface area contributed by atoms with Gasteiger partial charge in [-0.2, -0.15) is 0 Å². The molecule has 2 rings (SSSR count). The molecule has 0 radical (unpaired) electrons. The van der Waals surface area contributed by atoms with E-state index in [2.05, 4.69) is 32.4 Å². The Labute approximate surface area is 130 Å². The van der Waals surface area contributed by atoms with Gasteiger partial charge in [-0.25, -0.2) is 9.97 Å². The molecule has 120 valence electrons. The van der Waals surface area contributed by atoms with E-state index in [0.29, 0.717) is 25.2 Å². The molecule has 1 aromatic rings. The van der Waals surface area contributed by atoms with E-state index in [-0.39, 0.29) is 11.8 Å². The minimum atomic E-state index is -0.125. The lowest BCUT2D eigenvalue weighted by molar-refractivity contribution is -0.124. The Morgan fingerprint density at radius 3 is 3.14 bits per heavy atom. The number of nitrogens with one attached hydrogen (secondary N) is 2. The molecule has 0 aromatic carbocycles. The number of aromatic nitrogens is 2. The fourth-order valence-electron chi connectivity index (χ4n) is 2.46. The highest BCUT2D eigenvalue weighted by Crippen LogP contribution is 2.06. The second kappa shape index (κ2) is 8.43. The van der Waals surface area contributed by atoms with Crippen molar-refractivity contribution in [2.24, 2.45) is 0 Å². The molecule has 2 amide bonds.